The monoisotopic (exact) mass is 486 g/mol. The SMILES string of the molecule is CC(C)(O)C1CC(C[C@H]2O[C@H](CO)[C@H](O)[C@H](n3cc(-c4cc(F)c(F)c(F)c4)nn3)[C@H]2O)=NO1. The lowest BCUT2D eigenvalue weighted by atomic mass is 9.88. The van der Waals surface area contributed by atoms with Crippen molar-refractivity contribution < 1.29 is 43.2 Å². The van der Waals surface area contributed by atoms with E-state index >= 15 is 0 Å². The van der Waals surface area contributed by atoms with E-state index in [4.69, 9.17) is 9.57 Å². The van der Waals surface area contributed by atoms with Crippen molar-refractivity contribution in [3.8, 4) is 11.3 Å². The molecule has 1 fully saturated rings. The van der Waals surface area contributed by atoms with Gasteiger partial charge >= 0.3 is 0 Å². The minimum Gasteiger partial charge on any atom is -0.394 e. The lowest BCUT2D eigenvalue weighted by molar-refractivity contribution is -0.203. The fourth-order valence-electron chi connectivity index (χ4n) is 4.08. The van der Waals surface area contributed by atoms with E-state index in [9.17, 15) is 33.6 Å². The highest BCUT2D eigenvalue weighted by molar-refractivity contribution is 5.86. The maximum absolute atomic E-state index is 13.6. The van der Waals surface area contributed by atoms with E-state index in [1.54, 1.807) is 13.8 Å². The minimum absolute atomic E-state index is 0.0256. The van der Waals surface area contributed by atoms with Crippen molar-refractivity contribution in [2.24, 2.45) is 5.16 Å². The third-order valence-corrected chi connectivity index (χ3v) is 6.04. The van der Waals surface area contributed by atoms with Gasteiger partial charge in [-0.2, -0.15) is 0 Å². The second-order valence-corrected chi connectivity index (χ2v) is 9.02. The van der Waals surface area contributed by atoms with E-state index in [2.05, 4.69) is 15.5 Å². The zero-order valence-corrected chi connectivity index (χ0v) is 18.3. The number of aliphatic hydroxyl groups excluding tert-OH is 3. The Balaban J connectivity index is 1.56. The second-order valence-electron chi connectivity index (χ2n) is 9.02. The molecule has 2 aliphatic heterocycles. The van der Waals surface area contributed by atoms with Crippen LogP contribution in [0.5, 0.6) is 0 Å². The van der Waals surface area contributed by atoms with Crippen molar-refractivity contribution >= 4 is 5.71 Å². The number of hydrogen-bond donors (Lipinski definition) is 4. The number of aromatic nitrogens is 3. The molecule has 1 unspecified atom stereocenters. The van der Waals surface area contributed by atoms with Crippen LogP contribution in [-0.2, 0) is 9.57 Å². The van der Waals surface area contributed by atoms with Gasteiger partial charge in [0.25, 0.3) is 0 Å². The summed E-state index contributed by atoms with van der Waals surface area (Å²) in [4.78, 5) is 5.26. The molecule has 4 rings (SSSR count). The second kappa shape index (κ2) is 9.23. The standard InChI is InChI=1S/C21H25F3N4O6/c1-21(2,32)16-6-10(26-34-16)5-14-19(30)18(20(31)15(8-29)33-14)28-7-13(25-27-28)9-3-11(22)17(24)12(23)4-9/h3-4,7,14-16,18-20,29-32H,5-6,8H2,1-2H3/t14-,15-,16?,18-,19+,20+/m1/s1. The van der Waals surface area contributed by atoms with Gasteiger partial charge in [-0.25, -0.2) is 17.9 Å². The summed E-state index contributed by atoms with van der Waals surface area (Å²) < 4.78 is 47.3. The van der Waals surface area contributed by atoms with Crippen LogP contribution < -0.4 is 0 Å². The van der Waals surface area contributed by atoms with Gasteiger partial charge in [-0.15, -0.1) is 5.10 Å². The smallest absolute Gasteiger partial charge is 0.194 e. The molecule has 34 heavy (non-hydrogen) atoms. The van der Waals surface area contributed by atoms with Crippen LogP contribution in [0.15, 0.2) is 23.5 Å². The van der Waals surface area contributed by atoms with Gasteiger partial charge < -0.3 is 30.0 Å². The molecule has 0 radical (unpaired) electrons. The molecule has 0 saturated carbocycles. The van der Waals surface area contributed by atoms with E-state index in [1.165, 1.54) is 6.20 Å². The van der Waals surface area contributed by atoms with E-state index in [0.717, 1.165) is 16.8 Å². The van der Waals surface area contributed by atoms with Crippen molar-refractivity contribution in [3.63, 3.8) is 0 Å². The fraction of sp³-hybridized carbons (Fsp3) is 0.571. The molecule has 186 valence electrons. The molecule has 0 bridgehead atoms. The summed E-state index contributed by atoms with van der Waals surface area (Å²) in [6.45, 7) is 2.60. The van der Waals surface area contributed by atoms with Crippen LogP contribution in [0.1, 0.15) is 32.7 Å². The molecule has 1 aromatic carbocycles. The van der Waals surface area contributed by atoms with Crippen LogP contribution >= 0.6 is 0 Å². The summed E-state index contributed by atoms with van der Waals surface area (Å²) in [6, 6.07) is 0.362. The molecule has 0 amide bonds. The number of ether oxygens (including phenoxy) is 1. The Morgan fingerprint density at radius 2 is 1.76 bits per heavy atom. The Kier molecular flexibility index (Phi) is 6.66. The van der Waals surface area contributed by atoms with Gasteiger partial charge in [-0.3, -0.25) is 0 Å². The third kappa shape index (κ3) is 4.66. The first kappa shape index (κ1) is 24.5. The maximum atomic E-state index is 13.6. The molecular weight excluding hydrogens is 461 g/mol. The number of oxime groups is 1. The number of nitrogens with zero attached hydrogens (tertiary/aromatic N) is 4. The van der Waals surface area contributed by atoms with E-state index in [0.29, 0.717) is 12.1 Å². The quantitative estimate of drug-likeness (QED) is 0.437. The highest BCUT2D eigenvalue weighted by Crippen LogP contribution is 2.34. The molecule has 2 aliphatic rings. The average Bonchev–Trinajstić information content (AvgIpc) is 3.44. The van der Waals surface area contributed by atoms with Crippen LogP contribution in [0.4, 0.5) is 13.2 Å². The Bertz CT molecular complexity index is 1050. The molecule has 0 spiro atoms. The van der Waals surface area contributed by atoms with Crippen molar-refractivity contribution in [3.05, 3.63) is 35.8 Å². The topological polar surface area (TPSA) is 142 Å². The van der Waals surface area contributed by atoms with E-state index < -0.39 is 66.2 Å². The zero-order chi connectivity index (χ0) is 24.8. The van der Waals surface area contributed by atoms with E-state index in [-0.39, 0.29) is 17.7 Å². The van der Waals surface area contributed by atoms with Crippen molar-refractivity contribution in [2.75, 3.05) is 6.61 Å². The van der Waals surface area contributed by atoms with Gasteiger partial charge in [0.2, 0.25) is 0 Å². The molecule has 10 nitrogen and oxygen atoms in total. The normalized spacial score (nSPS) is 29.7. The molecule has 3 heterocycles. The average molecular weight is 486 g/mol. The molecule has 13 heteroatoms. The third-order valence-electron chi connectivity index (χ3n) is 6.04. The molecule has 1 saturated heterocycles. The highest BCUT2D eigenvalue weighted by Gasteiger charge is 2.47. The minimum atomic E-state index is -1.62. The van der Waals surface area contributed by atoms with E-state index in [1.807, 2.05) is 0 Å². The van der Waals surface area contributed by atoms with Crippen LogP contribution in [-0.4, -0.2) is 83.9 Å². The van der Waals surface area contributed by atoms with Crippen molar-refractivity contribution in [1.29, 1.82) is 0 Å². The van der Waals surface area contributed by atoms with Crippen LogP contribution in [0.2, 0.25) is 0 Å². The molecule has 2 aromatic rings. The molecule has 0 aliphatic carbocycles. The summed E-state index contributed by atoms with van der Waals surface area (Å²) >= 11 is 0. The predicted octanol–water partition coefficient (Wildman–Crippen LogP) is 0.691. The summed E-state index contributed by atoms with van der Waals surface area (Å²) in [6.07, 6.45) is -3.72. The highest BCUT2D eigenvalue weighted by atomic mass is 19.2. The lowest BCUT2D eigenvalue weighted by Gasteiger charge is -2.42. The Hall–Kier alpha value is -2.58. The van der Waals surface area contributed by atoms with Crippen LogP contribution in [0, 0.1) is 17.5 Å². The zero-order valence-electron chi connectivity index (χ0n) is 18.3. The van der Waals surface area contributed by atoms with Crippen LogP contribution in [0.25, 0.3) is 11.3 Å². The van der Waals surface area contributed by atoms with Crippen molar-refractivity contribution in [2.45, 2.75) is 68.9 Å². The fourth-order valence-corrected chi connectivity index (χ4v) is 4.08. The van der Waals surface area contributed by atoms with Gasteiger partial charge in [0.1, 0.15) is 30.0 Å². The summed E-state index contributed by atoms with van der Waals surface area (Å²) in [7, 11) is 0. The van der Waals surface area contributed by atoms with Gasteiger partial charge in [-0.05, 0) is 26.0 Å². The van der Waals surface area contributed by atoms with Gasteiger partial charge in [0, 0.05) is 18.4 Å². The first-order valence-corrected chi connectivity index (χ1v) is 10.6. The number of rotatable bonds is 6. The first-order chi connectivity index (χ1) is 16.0. The number of benzene rings is 1. The first-order valence-electron chi connectivity index (χ1n) is 10.6. The Morgan fingerprint density at radius 3 is 2.35 bits per heavy atom. The molecule has 4 N–H and O–H groups in total. The van der Waals surface area contributed by atoms with Gasteiger partial charge in [-0.1, -0.05) is 10.4 Å². The summed E-state index contributed by atoms with van der Waals surface area (Å²) in [5.41, 5.74) is -0.744. The Labute approximate surface area is 192 Å². The molecule has 1 aromatic heterocycles. The lowest BCUT2D eigenvalue weighted by Crippen LogP contribution is -2.56. The van der Waals surface area contributed by atoms with Crippen LogP contribution in [0.3, 0.4) is 0 Å². The summed E-state index contributed by atoms with van der Waals surface area (Å²) in [5.74, 6) is -4.43. The number of halogens is 3. The number of aliphatic hydroxyl groups is 4. The Morgan fingerprint density at radius 1 is 1.12 bits per heavy atom. The van der Waals surface area contributed by atoms with Crippen molar-refractivity contribution in [1.82, 2.24) is 15.0 Å². The maximum Gasteiger partial charge on any atom is 0.194 e. The van der Waals surface area contributed by atoms with Gasteiger partial charge in [0.15, 0.2) is 23.6 Å². The largest absolute Gasteiger partial charge is 0.394 e. The summed E-state index contributed by atoms with van der Waals surface area (Å²) in [5, 5.41) is 53.1. The predicted molar refractivity (Wildman–Crippen MR) is 110 cm³/mol. The molecule has 6 atom stereocenters. The van der Waals surface area contributed by atoms with Gasteiger partial charge in [0.05, 0.1) is 30.2 Å². The molecular formula is C21H25F3N4O6. The number of hydrogen-bond acceptors (Lipinski definition) is 9.